The van der Waals surface area contributed by atoms with E-state index in [2.05, 4.69) is 18.0 Å². The summed E-state index contributed by atoms with van der Waals surface area (Å²) in [4.78, 5) is 32.8. The maximum atomic E-state index is 14.6. The summed E-state index contributed by atoms with van der Waals surface area (Å²) in [5, 5.41) is 16.7. The number of para-hydroxylation sites is 2. The van der Waals surface area contributed by atoms with Crippen molar-refractivity contribution in [3.05, 3.63) is 107 Å². The molecule has 3 saturated carbocycles. The molecule has 4 unspecified atom stereocenters. The summed E-state index contributed by atoms with van der Waals surface area (Å²) in [7, 11) is 0. The summed E-state index contributed by atoms with van der Waals surface area (Å²) in [6.07, 6.45) is 8.53. The number of hydrogen-bond acceptors (Lipinski definition) is 9. The van der Waals surface area contributed by atoms with Gasteiger partial charge in [-0.25, -0.2) is 18.9 Å². The van der Waals surface area contributed by atoms with Crippen LogP contribution in [-0.4, -0.2) is 42.7 Å². The number of rotatable bonds is 6. The fraction of sp³-hybridized carbons (Fsp3) is 0.400. The molecule has 11 heteroatoms. The number of hydrogen-bond donors (Lipinski definition) is 1. The molecule has 9 nitrogen and oxygen atoms in total. The van der Waals surface area contributed by atoms with Crippen molar-refractivity contribution in [2.45, 2.75) is 69.8 Å². The van der Waals surface area contributed by atoms with Crippen LogP contribution in [0.2, 0.25) is 0 Å². The van der Waals surface area contributed by atoms with Crippen LogP contribution in [0.5, 0.6) is 0 Å². The van der Waals surface area contributed by atoms with Gasteiger partial charge in [0, 0.05) is 5.41 Å². The molecule has 0 spiro atoms. The van der Waals surface area contributed by atoms with Gasteiger partial charge in [-0.1, -0.05) is 43.3 Å². The number of oxazole rings is 1. The molecule has 0 radical (unpaired) electrons. The van der Waals surface area contributed by atoms with Crippen LogP contribution in [0.15, 0.2) is 87.5 Å². The second-order valence-electron chi connectivity index (χ2n) is 15.1. The van der Waals surface area contributed by atoms with E-state index < -0.39 is 23.1 Å². The minimum atomic E-state index is -1.49. The molecule has 2 aromatic carbocycles. The number of carbonyl (C=O) groups is 2. The normalized spacial score (nSPS) is 30.9. The van der Waals surface area contributed by atoms with Gasteiger partial charge in [0.1, 0.15) is 11.3 Å². The van der Waals surface area contributed by atoms with Gasteiger partial charge in [0.25, 0.3) is 0 Å². The van der Waals surface area contributed by atoms with Crippen LogP contribution < -0.4 is 0 Å². The van der Waals surface area contributed by atoms with Crippen molar-refractivity contribution in [3.63, 3.8) is 0 Å². The third-order valence-corrected chi connectivity index (χ3v) is 13.6. The summed E-state index contributed by atoms with van der Waals surface area (Å²) in [6.45, 7) is 4.30. The van der Waals surface area contributed by atoms with Gasteiger partial charge in [0.2, 0.25) is 16.8 Å². The molecule has 3 fully saturated rings. The predicted molar refractivity (Wildman–Crippen MR) is 188 cm³/mol. The average Bonchev–Trinajstić information content (AvgIpc) is 3.92. The zero-order valence-corrected chi connectivity index (χ0v) is 29.2. The van der Waals surface area contributed by atoms with E-state index in [1.54, 1.807) is 18.2 Å². The van der Waals surface area contributed by atoms with Gasteiger partial charge in [-0.2, -0.15) is 5.10 Å². The Hall–Kier alpha value is -4.48. The molecule has 3 aromatic heterocycles. The van der Waals surface area contributed by atoms with Crippen LogP contribution in [-0.2, 0) is 21.7 Å². The van der Waals surface area contributed by atoms with Crippen LogP contribution in [0.25, 0.3) is 22.9 Å². The maximum absolute atomic E-state index is 14.6. The number of aliphatic hydroxyl groups is 1. The molecule has 9 rings (SSSR count). The van der Waals surface area contributed by atoms with Crippen LogP contribution in [0.3, 0.4) is 0 Å². The Kier molecular flexibility index (Phi) is 7.49. The van der Waals surface area contributed by atoms with Crippen molar-refractivity contribution in [1.29, 1.82) is 0 Å². The highest BCUT2D eigenvalue weighted by Crippen LogP contribution is 2.69. The fourth-order valence-electron chi connectivity index (χ4n) is 10.3. The molecule has 4 aliphatic rings. The van der Waals surface area contributed by atoms with E-state index in [1.165, 1.54) is 30.0 Å². The number of thioether (sulfide) groups is 1. The number of esters is 1. The first-order valence-corrected chi connectivity index (χ1v) is 18.6. The molecule has 51 heavy (non-hydrogen) atoms. The minimum absolute atomic E-state index is 0.0332. The molecule has 5 aromatic rings. The smallest absolute Gasteiger partial charge is 0.375 e. The van der Waals surface area contributed by atoms with Crippen molar-refractivity contribution in [3.8, 4) is 5.69 Å². The summed E-state index contributed by atoms with van der Waals surface area (Å²) in [5.74, 6) is -0.263. The monoisotopic (exact) mass is 707 g/mol. The number of halogens is 1. The van der Waals surface area contributed by atoms with Crippen molar-refractivity contribution < 1.29 is 32.7 Å². The first kappa shape index (κ1) is 32.4. The van der Waals surface area contributed by atoms with Crippen LogP contribution >= 0.6 is 11.8 Å². The zero-order chi connectivity index (χ0) is 35.1. The van der Waals surface area contributed by atoms with Crippen LogP contribution in [0.4, 0.5) is 4.39 Å². The van der Waals surface area contributed by atoms with E-state index in [1.807, 2.05) is 42.1 Å². The molecule has 7 atom stereocenters. The first-order chi connectivity index (χ1) is 24.6. The maximum Gasteiger partial charge on any atom is 0.375 e. The van der Waals surface area contributed by atoms with Crippen LogP contribution in [0, 0.1) is 34.4 Å². The third kappa shape index (κ3) is 4.91. The molecule has 0 bridgehead atoms. The van der Waals surface area contributed by atoms with Crippen molar-refractivity contribution in [2.75, 3.05) is 0 Å². The Bertz CT molecular complexity index is 2160. The topological polar surface area (TPSA) is 121 Å². The highest BCUT2D eigenvalue weighted by molar-refractivity contribution is 8.13. The quantitative estimate of drug-likeness (QED) is 0.175. The van der Waals surface area contributed by atoms with E-state index >= 15 is 0 Å². The predicted octanol–water partition coefficient (Wildman–Crippen LogP) is 7.95. The lowest BCUT2D eigenvalue weighted by Crippen LogP contribution is -2.62. The highest BCUT2D eigenvalue weighted by atomic mass is 32.2. The molecule has 0 aliphatic heterocycles. The highest BCUT2D eigenvalue weighted by Gasteiger charge is 2.71. The summed E-state index contributed by atoms with van der Waals surface area (Å²) >= 11 is 1.05. The number of aromatic nitrogens is 3. The van der Waals surface area contributed by atoms with E-state index in [4.69, 9.17) is 18.7 Å². The molecule has 0 amide bonds. The Morgan fingerprint density at radius 3 is 2.71 bits per heavy atom. The number of aliphatic hydroxyl groups excluding tert-OH is 1. The lowest BCUT2D eigenvalue weighted by Gasteiger charge is -2.60. The van der Waals surface area contributed by atoms with Gasteiger partial charge in [-0.15, -0.1) is 0 Å². The van der Waals surface area contributed by atoms with Gasteiger partial charge in [-0.3, -0.25) is 4.79 Å². The third-order valence-electron chi connectivity index (χ3n) is 12.6. The standard InChI is InChI=1S/C40H38FN3O6S/c1-38-19-23-21-42-44(26-12-10-25(41)11-13-26)30(23)18-24(38)9-14-27-28-15-16-40(39(28,2)20-31(45)35(27)38,50-36(46)33-8-5-17-48-33)37(47)51-22-34-43-29-6-3-4-7-32(29)49-34/h3-8,10-13,17-18,21,27-28,31,35,45H,9,14-16,19-20,22H2,1-2H3/t27?,28?,31?,35?,38-,39-,40-/m0/s1. The number of fused-ring (bicyclic) bond motifs is 7. The van der Waals surface area contributed by atoms with Crippen LogP contribution in [0.1, 0.15) is 73.7 Å². The number of ether oxygens (including phenoxy) is 1. The SMILES string of the molecule is C[C@]12Cc3cnn(-c4ccc(F)cc4)c3C=C1CCC1C2C(O)C[C@@]2(C)C1CC[C@]2(OC(=O)c1ccco1)C(=O)SCc1nc2ccccc2o1. The van der Waals surface area contributed by atoms with Gasteiger partial charge >= 0.3 is 5.97 Å². The van der Waals surface area contributed by atoms with E-state index in [9.17, 15) is 19.1 Å². The number of allylic oxidation sites excluding steroid dienone is 1. The molecular weight excluding hydrogens is 670 g/mol. The van der Waals surface area contributed by atoms with Gasteiger partial charge in [0.05, 0.1) is 35.7 Å². The van der Waals surface area contributed by atoms with E-state index in [-0.39, 0.29) is 45.6 Å². The Morgan fingerprint density at radius 1 is 1.10 bits per heavy atom. The van der Waals surface area contributed by atoms with E-state index in [0.29, 0.717) is 36.3 Å². The minimum Gasteiger partial charge on any atom is -0.457 e. The summed E-state index contributed by atoms with van der Waals surface area (Å²) in [5.41, 5.74) is 2.88. The number of carbonyl (C=O) groups excluding carboxylic acids is 2. The first-order valence-electron chi connectivity index (χ1n) is 17.6. The number of benzene rings is 2. The van der Waals surface area contributed by atoms with Gasteiger partial charge in [0.15, 0.2) is 11.2 Å². The Balaban J connectivity index is 1.03. The second-order valence-corrected chi connectivity index (χ2v) is 16.1. The van der Waals surface area contributed by atoms with E-state index in [0.717, 1.165) is 48.0 Å². The molecule has 1 N–H and O–H groups in total. The van der Waals surface area contributed by atoms with Crippen molar-refractivity contribution >= 4 is 40.0 Å². The summed E-state index contributed by atoms with van der Waals surface area (Å²) in [6, 6.07) is 17.0. The van der Waals surface area contributed by atoms with Crippen molar-refractivity contribution in [2.24, 2.45) is 28.6 Å². The molecular formula is C40H38FN3O6S. The lowest BCUT2D eigenvalue weighted by atomic mass is 9.45. The molecule has 4 aliphatic carbocycles. The van der Waals surface area contributed by atoms with Crippen molar-refractivity contribution in [1.82, 2.24) is 14.8 Å². The molecule has 262 valence electrons. The lowest BCUT2D eigenvalue weighted by molar-refractivity contribution is -0.175. The fourth-order valence-corrected chi connectivity index (χ4v) is 11.3. The largest absolute Gasteiger partial charge is 0.457 e. The molecule has 0 saturated heterocycles. The molecule has 3 heterocycles. The van der Waals surface area contributed by atoms with Gasteiger partial charge in [-0.05, 0) is 122 Å². The Morgan fingerprint density at radius 2 is 1.92 bits per heavy atom. The average molecular weight is 708 g/mol. The number of nitrogens with zero attached hydrogens (tertiary/aromatic N) is 3. The number of furan rings is 1. The van der Waals surface area contributed by atoms with Gasteiger partial charge < -0.3 is 18.7 Å². The Labute approximate surface area is 298 Å². The zero-order valence-electron chi connectivity index (χ0n) is 28.4. The summed E-state index contributed by atoms with van der Waals surface area (Å²) < 4.78 is 33.3. The second kappa shape index (κ2) is 11.8.